The van der Waals surface area contributed by atoms with Gasteiger partial charge in [-0.25, -0.2) is 9.78 Å². The van der Waals surface area contributed by atoms with Crippen molar-refractivity contribution in [1.82, 2.24) is 4.98 Å². The minimum atomic E-state index is -1.12. The van der Waals surface area contributed by atoms with Gasteiger partial charge in [0.1, 0.15) is 5.69 Å². The number of carboxylic acids is 1. The summed E-state index contributed by atoms with van der Waals surface area (Å²) in [6.45, 7) is 1.35. The van der Waals surface area contributed by atoms with Crippen LogP contribution in [0.25, 0.3) is 0 Å². The third-order valence-corrected chi connectivity index (χ3v) is 1.30. The lowest BCUT2D eigenvalue weighted by molar-refractivity contribution is -0.114. The Bertz CT molecular complexity index is 349. The molecule has 0 aliphatic heterocycles. The summed E-state index contributed by atoms with van der Waals surface area (Å²) in [5, 5.41) is 11.0. The van der Waals surface area contributed by atoms with Gasteiger partial charge in [0, 0.05) is 18.8 Å². The second-order valence-corrected chi connectivity index (χ2v) is 2.42. The van der Waals surface area contributed by atoms with Gasteiger partial charge >= 0.3 is 5.97 Å². The fraction of sp³-hybridized carbons (Fsp3) is 0.125. The summed E-state index contributed by atoms with van der Waals surface area (Å²) in [5.74, 6) is -1.37. The molecular formula is C8H8N2O3. The minimum absolute atomic E-state index is 0.0914. The molecular weight excluding hydrogens is 172 g/mol. The summed E-state index contributed by atoms with van der Waals surface area (Å²) < 4.78 is 0. The molecule has 68 valence electrons. The quantitative estimate of drug-likeness (QED) is 0.703. The molecule has 0 unspecified atom stereocenters. The number of carbonyl (C=O) groups is 2. The second-order valence-electron chi connectivity index (χ2n) is 2.42. The predicted molar refractivity (Wildman–Crippen MR) is 45.5 cm³/mol. The van der Waals surface area contributed by atoms with Gasteiger partial charge in [0.05, 0.1) is 0 Å². The number of hydrogen-bond acceptors (Lipinski definition) is 3. The number of nitrogens with zero attached hydrogens (tertiary/aromatic N) is 1. The number of nitrogens with one attached hydrogen (secondary N) is 1. The van der Waals surface area contributed by atoms with Crippen molar-refractivity contribution in [2.75, 3.05) is 5.32 Å². The molecule has 0 aliphatic rings. The van der Waals surface area contributed by atoms with Crippen LogP contribution in [-0.2, 0) is 4.79 Å². The van der Waals surface area contributed by atoms with Crippen molar-refractivity contribution in [2.24, 2.45) is 0 Å². The van der Waals surface area contributed by atoms with E-state index in [0.29, 0.717) is 5.69 Å². The van der Waals surface area contributed by atoms with Crippen LogP contribution in [0.2, 0.25) is 0 Å². The SMILES string of the molecule is CC(=O)Nc1ccnc(C(=O)O)c1. The molecule has 2 N–H and O–H groups in total. The number of pyridine rings is 1. The third kappa shape index (κ3) is 2.55. The number of aromatic carboxylic acids is 1. The molecule has 0 saturated carbocycles. The molecule has 1 heterocycles. The molecule has 0 aromatic carbocycles. The maximum Gasteiger partial charge on any atom is 0.354 e. The summed E-state index contributed by atoms with van der Waals surface area (Å²) in [4.78, 5) is 24.7. The molecule has 1 amide bonds. The average Bonchev–Trinajstić information content (AvgIpc) is 2.03. The van der Waals surface area contributed by atoms with Gasteiger partial charge < -0.3 is 10.4 Å². The van der Waals surface area contributed by atoms with Crippen molar-refractivity contribution in [3.8, 4) is 0 Å². The summed E-state index contributed by atoms with van der Waals surface area (Å²) in [5.41, 5.74) is 0.339. The summed E-state index contributed by atoms with van der Waals surface area (Å²) >= 11 is 0. The lowest BCUT2D eigenvalue weighted by Crippen LogP contribution is -2.07. The highest BCUT2D eigenvalue weighted by Crippen LogP contribution is 2.07. The Hall–Kier alpha value is -1.91. The maximum atomic E-state index is 10.6. The molecule has 1 aromatic heterocycles. The molecule has 0 spiro atoms. The van der Waals surface area contributed by atoms with Gasteiger partial charge in [0.15, 0.2) is 0 Å². The zero-order valence-corrected chi connectivity index (χ0v) is 6.94. The Morgan fingerprint density at radius 3 is 2.77 bits per heavy atom. The molecule has 1 aromatic rings. The molecule has 0 fully saturated rings. The van der Waals surface area contributed by atoms with E-state index >= 15 is 0 Å². The monoisotopic (exact) mass is 180 g/mol. The maximum absolute atomic E-state index is 10.6. The number of amides is 1. The van der Waals surface area contributed by atoms with Crippen LogP contribution in [0.4, 0.5) is 5.69 Å². The van der Waals surface area contributed by atoms with Gasteiger partial charge in [-0.2, -0.15) is 0 Å². The molecule has 5 nitrogen and oxygen atoms in total. The number of rotatable bonds is 2. The first-order chi connectivity index (χ1) is 6.09. The van der Waals surface area contributed by atoms with Gasteiger partial charge in [0.25, 0.3) is 0 Å². The van der Waals surface area contributed by atoms with Gasteiger partial charge in [0.2, 0.25) is 5.91 Å². The molecule has 1 rings (SSSR count). The van der Waals surface area contributed by atoms with Gasteiger partial charge in [-0.3, -0.25) is 4.79 Å². The summed E-state index contributed by atoms with van der Waals surface area (Å²) in [7, 11) is 0. The van der Waals surface area contributed by atoms with E-state index < -0.39 is 5.97 Å². The van der Waals surface area contributed by atoms with Gasteiger partial charge in [-0.1, -0.05) is 0 Å². The van der Waals surface area contributed by atoms with Crippen molar-refractivity contribution in [1.29, 1.82) is 0 Å². The molecule has 0 saturated heterocycles. The van der Waals surface area contributed by atoms with Crippen LogP contribution >= 0.6 is 0 Å². The van der Waals surface area contributed by atoms with E-state index in [2.05, 4.69) is 10.3 Å². The van der Waals surface area contributed by atoms with Crippen LogP contribution in [0.1, 0.15) is 17.4 Å². The Morgan fingerprint density at radius 1 is 1.54 bits per heavy atom. The van der Waals surface area contributed by atoms with Gasteiger partial charge in [-0.05, 0) is 12.1 Å². The van der Waals surface area contributed by atoms with Crippen molar-refractivity contribution in [3.63, 3.8) is 0 Å². The molecule has 5 heteroatoms. The lowest BCUT2D eigenvalue weighted by atomic mass is 10.3. The third-order valence-electron chi connectivity index (χ3n) is 1.30. The topological polar surface area (TPSA) is 79.3 Å². The Balaban J connectivity index is 2.91. The Labute approximate surface area is 74.4 Å². The fourth-order valence-corrected chi connectivity index (χ4v) is 0.829. The van der Waals surface area contributed by atoms with Crippen LogP contribution < -0.4 is 5.32 Å². The number of carboxylic acid groups (broad SMARTS) is 1. The van der Waals surface area contributed by atoms with E-state index in [9.17, 15) is 9.59 Å². The molecule has 0 atom stereocenters. The average molecular weight is 180 g/mol. The minimum Gasteiger partial charge on any atom is -0.477 e. The van der Waals surface area contributed by atoms with E-state index in [-0.39, 0.29) is 11.6 Å². The highest BCUT2D eigenvalue weighted by molar-refractivity contribution is 5.91. The number of aromatic nitrogens is 1. The molecule has 0 radical (unpaired) electrons. The standard InChI is InChI=1S/C8H8N2O3/c1-5(11)10-6-2-3-9-7(4-6)8(12)13/h2-4H,1H3,(H,12,13)(H,9,10,11). The second kappa shape index (κ2) is 3.66. The van der Waals surface area contributed by atoms with Crippen LogP contribution in [0, 0.1) is 0 Å². The number of carbonyl (C=O) groups excluding carboxylic acids is 1. The zero-order chi connectivity index (χ0) is 9.84. The van der Waals surface area contributed by atoms with Crippen LogP contribution in [0.15, 0.2) is 18.3 Å². The number of anilines is 1. The Kier molecular flexibility index (Phi) is 2.59. The summed E-state index contributed by atoms with van der Waals surface area (Å²) in [6.07, 6.45) is 1.33. The molecule has 13 heavy (non-hydrogen) atoms. The first-order valence-corrected chi connectivity index (χ1v) is 3.56. The highest BCUT2D eigenvalue weighted by Gasteiger charge is 2.04. The summed E-state index contributed by atoms with van der Waals surface area (Å²) in [6, 6.07) is 2.82. The predicted octanol–water partition coefficient (Wildman–Crippen LogP) is 0.738. The molecule has 0 aliphatic carbocycles. The largest absolute Gasteiger partial charge is 0.477 e. The van der Waals surface area contributed by atoms with Crippen molar-refractivity contribution in [2.45, 2.75) is 6.92 Å². The molecule has 0 bridgehead atoms. The van der Waals surface area contributed by atoms with E-state index in [0.717, 1.165) is 0 Å². The van der Waals surface area contributed by atoms with E-state index in [1.807, 2.05) is 0 Å². The normalized spacial score (nSPS) is 9.31. The number of hydrogen-bond donors (Lipinski definition) is 2. The van der Waals surface area contributed by atoms with Gasteiger partial charge in [-0.15, -0.1) is 0 Å². The first kappa shape index (κ1) is 9.18. The fourth-order valence-electron chi connectivity index (χ4n) is 0.829. The highest BCUT2D eigenvalue weighted by atomic mass is 16.4. The van der Waals surface area contributed by atoms with E-state index in [1.165, 1.54) is 25.3 Å². The van der Waals surface area contributed by atoms with E-state index in [1.54, 1.807) is 0 Å². The van der Waals surface area contributed by atoms with Crippen LogP contribution in [0.3, 0.4) is 0 Å². The van der Waals surface area contributed by atoms with Crippen molar-refractivity contribution in [3.05, 3.63) is 24.0 Å². The lowest BCUT2D eigenvalue weighted by Gasteiger charge is -2.01. The van der Waals surface area contributed by atoms with Crippen molar-refractivity contribution >= 4 is 17.6 Å². The Morgan fingerprint density at radius 2 is 2.23 bits per heavy atom. The van der Waals surface area contributed by atoms with Crippen molar-refractivity contribution < 1.29 is 14.7 Å². The van der Waals surface area contributed by atoms with Crippen LogP contribution in [-0.4, -0.2) is 22.0 Å². The van der Waals surface area contributed by atoms with Crippen LogP contribution in [0.5, 0.6) is 0 Å². The smallest absolute Gasteiger partial charge is 0.354 e. The zero-order valence-electron chi connectivity index (χ0n) is 6.94. The first-order valence-electron chi connectivity index (χ1n) is 3.56. The van der Waals surface area contributed by atoms with E-state index in [4.69, 9.17) is 5.11 Å².